The van der Waals surface area contributed by atoms with Crippen LogP contribution in [0.15, 0.2) is 36.4 Å². The van der Waals surface area contributed by atoms with Crippen molar-refractivity contribution in [1.82, 2.24) is 0 Å². The Hall–Kier alpha value is -2.07. The van der Waals surface area contributed by atoms with Gasteiger partial charge in [-0.15, -0.1) is 0 Å². The predicted octanol–water partition coefficient (Wildman–Crippen LogP) is 3.98. The highest BCUT2D eigenvalue weighted by Gasteiger charge is 2.09. The molecule has 5 heteroatoms. The number of anilines is 1. The molecule has 0 aliphatic rings. The number of ether oxygens (including phenoxy) is 3. The fraction of sp³-hybridized carbons (Fsp3) is 0.250. The highest BCUT2D eigenvalue weighted by Crippen LogP contribution is 2.32. The number of para-hydroxylation sites is 1. The van der Waals surface area contributed by atoms with Gasteiger partial charge in [-0.25, -0.2) is 0 Å². The molecule has 0 aliphatic carbocycles. The van der Waals surface area contributed by atoms with Crippen molar-refractivity contribution in [2.24, 2.45) is 0 Å². The molecule has 0 atom stereocenters. The van der Waals surface area contributed by atoms with E-state index in [0.29, 0.717) is 23.1 Å². The van der Waals surface area contributed by atoms with Gasteiger partial charge in [0, 0.05) is 17.8 Å². The molecular weight excluding hydrogens is 290 g/mol. The Bertz CT molecular complexity index is 616. The van der Waals surface area contributed by atoms with E-state index in [1.807, 2.05) is 36.4 Å². The molecule has 0 bridgehead atoms. The number of hydrogen-bond acceptors (Lipinski definition) is 4. The van der Waals surface area contributed by atoms with Gasteiger partial charge in [-0.05, 0) is 24.3 Å². The molecule has 2 rings (SSSR count). The zero-order chi connectivity index (χ0) is 15.2. The summed E-state index contributed by atoms with van der Waals surface area (Å²) in [6.45, 7) is 0.600. The maximum Gasteiger partial charge on any atom is 0.165 e. The van der Waals surface area contributed by atoms with Crippen molar-refractivity contribution in [1.29, 1.82) is 0 Å². The highest BCUT2D eigenvalue weighted by atomic mass is 35.5. The van der Waals surface area contributed by atoms with E-state index in [4.69, 9.17) is 25.8 Å². The van der Waals surface area contributed by atoms with E-state index in [2.05, 4.69) is 5.32 Å². The van der Waals surface area contributed by atoms with Crippen molar-refractivity contribution in [2.75, 3.05) is 26.6 Å². The van der Waals surface area contributed by atoms with Gasteiger partial charge in [-0.2, -0.15) is 0 Å². The topological polar surface area (TPSA) is 39.7 Å². The lowest BCUT2D eigenvalue weighted by molar-refractivity contribution is 0.352. The second-order valence-electron chi connectivity index (χ2n) is 4.36. The number of methoxy groups -OCH3 is 3. The van der Waals surface area contributed by atoms with Gasteiger partial charge < -0.3 is 19.5 Å². The van der Waals surface area contributed by atoms with Gasteiger partial charge in [0.25, 0.3) is 0 Å². The minimum Gasteiger partial charge on any atom is -0.495 e. The largest absolute Gasteiger partial charge is 0.495 e. The minimum absolute atomic E-state index is 0.570. The van der Waals surface area contributed by atoms with Crippen molar-refractivity contribution < 1.29 is 14.2 Å². The second-order valence-corrected chi connectivity index (χ2v) is 4.76. The van der Waals surface area contributed by atoms with Crippen LogP contribution in [0.3, 0.4) is 0 Å². The van der Waals surface area contributed by atoms with Crippen LogP contribution in [0, 0.1) is 0 Å². The van der Waals surface area contributed by atoms with Crippen LogP contribution in [0.2, 0.25) is 5.02 Å². The highest BCUT2D eigenvalue weighted by molar-refractivity contribution is 6.32. The number of hydrogen-bond donors (Lipinski definition) is 1. The van der Waals surface area contributed by atoms with Crippen LogP contribution in [-0.2, 0) is 6.54 Å². The Balaban J connectivity index is 2.15. The van der Waals surface area contributed by atoms with Crippen LogP contribution in [0.5, 0.6) is 17.2 Å². The van der Waals surface area contributed by atoms with Gasteiger partial charge in [0.1, 0.15) is 5.75 Å². The summed E-state index contributed by atoms with van der Waals surface area (Å²) in [7, 11) is 4.85. The van der Waals surface area contributed by atoms with Gasteiger partial charge in [0.05, 0.1) is 26.4 Å². The number of benzene rings is 2. The molecule has 0 spiro atoms. The summed E-state index contributed by atoms with van der Waals surface area (Å²) in [6, 6.07) is 11.4. The third-order valence-corrected chi connectivity index (χ3v) is 3.41. The first kappa shape index (κ1) is 15.3. The van der Waals surface area contributed by atoms with Crippen LogP contribution in [0.1, 0.15) is 5.56 Å². The van der Waals surface area contributed by atoms with Crippen LogP contribution in [-0.4, -0.2) is 21.3 Å². The van der Waals surface area contributed by atoms with Crippen LogP contribution in [0.4, 0.5) is 5.69 Å². The quantitative estimate of drug-likeness (QED) is 0.876. The Morgan fingerprint density at radius 3 is 2.33 bits per heavy atom. The lowest BCUT2D eigenvalue weighted by Crippen LogP contribution is -2.03. The average molecular weight is 308 g/mol. The van der Waals surface area contributed by atoms with E-state index in [0.717, 1.165) is 17.0 Å². The van der Waals surface area contributed by atoms with E-state index in [9.17, 15) is 0 Å². The molecule has 0 fully saturated rings. The summed E-state index contributed by atoms with van der Waals surface area (Å²) in [5.41, 5.74) is 1.91. The van der Waals surface area contributed by atoms with Crippen LogP contribution in [0.25, 0.3) is 0 Å². The SMILES string of the molecule is COc1ccc(NCc2cccc(OC)c2OC)cc1Cl. The van der Waals surface area contributed by atoms with E-state index >= 15 is 0 Å². The molecule has 0 unspecified atom stereocenters. The van der Waals surface area contributed by atoms with Gasteiger partial charge in [-0.1, -0.05) is 23.7 Å². The molecule has 2 aromatic carbocycles. The molecule has 0 saturated heterocycles. The summed E-state index contributed by atoms with van der Waals surface area (Å²) in [4.78, 5) is 0. The van der Waals surface area contributed by atoms with E-state index in [1.54, 1.807) is 21.3 Å². The average Bonchev–Trinajstić information content (AvgIpc) is 2.52. The molecule has 0 aliphatic heterocycles. The zero-order valence-corrected chi connectivity index (χ0v) is 13.0. The molecule has 0 heterocycles. The van der Waals surface area contributed by atoms with Gasteiger partial charge >= 0.3 is 0 Å². The normalized spacial score (nSPS) is 10.1. The van der Waals surface area contributed by atoms with Crippen LogP contribution >= 0.6 is 11.6 Å². The van der Waals surface area contributed by atoms with Crippen molar-refractivity contribution in [2.45, 2.75) is 6.54 Å². The van der Waals surface area contributed by atoms with Gasteiger partial charge in [0.2, 0.25) is 0 Å². The van der Waals surface area contributed by atoms with Gasteiger partial charge in [-0.3, -0.25) is 0 Å². The van der Waals surface area contributed by atoms with E-state index in [1.165, 1.54) is 0 Å². The molecule has 4 nitrogen and oxygen atoms in total. The predicted molar refractivity (Wildman–Crippen MR) is 84.9 cm³/mol. The Labute approximate surface area is 129 Å². The summed E-state index contributed by atoms with van der Waals surface area (Å²) >= 11 is 6.11. The van der Waals surface area contributed by atoms with E-state index < -0.39 is 0 Å². The fourth-order valence-corrected chi connectivity index (χ4v) is 2.32. The first-order chi connectivity index (χ1) is 10.2. The van der Waals surface area contributed by atoms with Crippen molar-refractivity contribution in [3.63, 3.8) is 0 Å². The molecule has 21 heavy (non-hydrogen) atoms. The van der Waals surface area contributed by atoms with Crippen molar-refractivity contribution in [3.8, 4) is 17.2 Å². The Morgan fingerprint density at radius 1 is 0.952 bits per heavy atom. The standard InChI is InChI=1S/C16H18ClNO3/c1-19-14-8-7-12(9-13(14)17)18-10-11-5-4-6-15(20-2)16(11)21-3/h4-9,18H,10H2,1-3H3. The lowest BCUT2D eigenvalue weighted by atomic mass is 10.1. The van der Waals surface area contributed by atoms with Crippen molar-refractivity contribution in [3.05, 3.63) is 47.0 Å². The Morgan fingerprint density at radius 2 is 1.71 bits per heavy atom. The molecule has 112 valence electrons. The van der Waals surface area contributed by atoms with E-state index in [-0.39, 0.29) is 0 Å². The first-order valence-electron chi connectivity index (χ1n) is 6.47. The molecule has 1 N–H and O–H groups in total. The maximum atomic E-state index is 6.11. The number of rotatable bonds is 6. The Kier molecular flexibility index (Phi) is 5.17. The third kappa shape index (κ3) is 3.52. The minimum atomic E-state index is 0.570. The van der Waals surface area contributed by atoms with Crippen LogP contribution < -0.4 is 19.5 Å². The van der Waals surface area contributed by atoms with Crippen molar-refractivity contribution >= 4 is 17.3 Å². The molecule has 2 aromatic rings. The molecule has 0 amide bonds. The molecule has 0 radical (unpaired) electrons. The lowest BCUT2D eigenvalue weighted by Gasteiger charge is -2.14. The summed E-state index contributed by atoms with van der Waals surface area (Å²) in [5.74, 6) is 2.10. The molecule has 0 saturated carbocycles. The molecule has 0 aromatic heterocycles. The number of nitrogens with one attached hydrogen (secondary N) is 1. The fourth-order valence-electron chi connectivity index (χ4n) is 2.07. The summed E-state index contributed by atoms with van der Waals surface area (Å²) in [6.07, 6.45) is 0. The third-order valence-electron chi connectivity index (χ3n) is 3.12. The van der Waals surface area contributed by atoms with Gasteiger partial charge in [0.15, 0.2) is 11.5 Å². The number of halogens is 1. The molecular formula is C16H18ClNO3. The smallest absolute Gasteiger partial charge is 0.165 e. The first-order valence-corrected chi connectivity index (χ1v) is 6.84. The zero-order valence-electron chi connectivity index (χ0n) is 12.3. The second kappa shape index (κ2) is 7.09. The monoisotopic (exact) mass is 307 g/mol. The summed E-state index contributed by atoms with van der Waals surface area (Å²) in [5, 5.41) is 3.87. The summed E-state index contributed by atoms with van der Waals surface area (Å²) < 4.78 is 15.8. The maximum absolute atomic E-state index is 6.11.